The Bertz CT molecular complexity index is 1540. The lowest BCUT2D eigenvalue weighted by atomic mass is 9.89. The van der Waals surface area contributed by atoms with Gasteiger partial charge in [0.25, 0.3) is 5.60 Å². The average molecular weight is 800 g/mol. The summed E-state index contributed by atoms with van der Waals surface area (Å²) in [5.41, 5.74) is -6.96. The molecule has 0 aliphatic carbocycles. The summed E-state index contributed by atoms with van der Waals surface area (Å²) in [7, 11) is 0.331. The summed E-state index contributed by atoms with van der Waals surface area (Å²) in [5.74, 6) is -41.4. The topological polar surface area (TPSA) is 73.9 Å². The van der Waals surface area contributed by atoms with Crippen LogP contribution in [0.2, 0.25) is 0 Å². The number of esters is 1. The highest BCUT2D eigenvalue weighted by Gasteiger charge is 2.90. The number of hydrogen-bond acceptors (Lipinski definition) is 5. The first-order valence-corrected chi connectivity index (χ1v) is 14.6. The second kappa shape index (κ2) is 15.0. The number of hydrogen-bond donors (Lipinski definition) is 1. The highest BCUT2D eigenvalue weighted by atomic mass is 19.4. The zero-order valence-corrected chi connectivity index (χ0v) is 27.4. The molecule has 0 radical (unpaired) electrons. The average Bonchev–Trinajstić information content (AvgIpc) is 3.01. The standard InChI is InChI=1S/C31H29F16NO5/c1-23(2,3)53-22(50)48-20(17-11-7-5-8-12-17)19(52-21(49)25(51-4,30(42,43)44)18-13-9-6-10-14-18)15-16-24(32,33)26(34,35)27(36,37)28(38,39)29(40,41)31(45,46)47/h5-14,19-20H,15-16H2,1-4H3,(H,48,50)/t19-,20-,25-/m1/s1. The molecule has 2 aromatic rings. The van der Waals surface area contributed by atoms with Gasteiger partial charge in [-0.3, -0.25) is 0 Å². The summed E-state index contributed by atoms with van der Waals surface area (Å²) in [6.45, 7) is 3.83. The normalized spacial score (nSPS) is 16.3. The molecular weight excluding hydrogens is 770 g/mol. The second-order valence-corrected chi connectivity index (χ2v) is 12.3. The summed E-state index contributed by atoms with van der Waals surface area (Å²) in [5, 5.41) is 1.92. The number of carbonyl (C=O) groups excluding carboxylic acids is 2. The highest BCUT2D eigenvalue weighted by molar-refractivity contribution is 5.83. The van der Waals surface area contributed by atoms with Crippen molar-refractivity contribution >= 4 is 12.1 Å². The first-order valence-electron chi connectivity index (χ1n) is 14.6. The molecule has 0 bridgehead atoms. The number of ether oxygens (including phenoxy) is 3. The first-order chi connectivity index (χ1) is 23.7. The number of nitrogens with one attached hydrogen (secondary N) is 1. The third-order valence-corrected chi connectivity index (χ3v) is 7.38. The van der Waals surface area contributed by atoms with Crippen LogP contribution in [0.5, 0.6) is 0 Å². The number of alkyl halides is 16. The molecule has 0 saturated carbocycles. The van der Waals surface area contributed by atoms with Gasteiger partial charge in [0.1, 0.15) is 11.7 Å². The van der Waals surface area contributed by atoms with Crippen molar-refractivity contribution < 1.29 is 94.0 Å². The van der Waals surface area contributed by atoms with Crippen LogP contribution in [-0.2, 0) is 24.6 Å². The molecule has 0 spiro atoms. The Labute approximate surface area is 289 Å². The smallest absolute Gasteiger partial charge is 0.457 e. The van der Waals surface area contributed by atoms with E-state index in [1.807, 2.05) is 5.32 Å². The van der Waals surface area contributed by atoms with E-state index in [4.69, 9.17) is 9.47 Å². The van der Waals surface area contributed by atoms with Gasteiger partial charge in [0.15, 0.2) is 0 Å². The predicted molar refractivity (Wildman–Crippen MR) is 150 cm³/mol. The summed E-state index contributed by atoms with van der Waals surface area (Å²) in [4.78, 5) is 26.2. The van der Waals surface area contributed by atoms with Gasteiger partial charge in [-0.25, -0.2) is 9.59 Å². The minimum atomic E-state index is -8.22. The Hall–Kier alpha value is -3.98. The van der Waals surface area contributed by atoms with Crippen LogP contribution in [0, 0.1) is 0 Å². The van der Waals surface area contributed by atoms with Crippen LogP contribution >= 0.6 is 0 Å². The molecule has 0 aromatic heterocycles. The first kappa shape index (κ1) is 45.2. The van der Waals surface area contributed by atoms with Gasteiger partial charge in [0, 0.05) is 19.1 Å². The van der Waals surface area contributed by atoms with Gasteiger partial charge in [-0.1, -0.05) is 60.7 Å². The maximum absolute atomic E-state index is 15.0. The maximum atomic E-state index is 15.0. The van der Waals surface area contributed by atoms with E-state index in [1.165, 1.54) is 32.9 Å². The van der Waals surface area contributed by atoms with Crippen LogP contribution in [0.3, 0.4) is 0 Å². The van der Waals surface area contributed by atoms with Crippen molar-refractivity contribution in [3.05, 3.63) is 71.8 Å². The Morgan fingerprint density at radius 1 is 0.642 bits per heavy atom. The monoisotopic (exact) mass is 799 g/mol. The number of methoxy groups -OCH3 is 1. The fourth-order valence-electron chi connectivity index (χ4n) is 4.67. The number of benzene rings is 2. The summed E-state index contributed by atoms with van der Waals surface area (Å²) in [6.07, 6.45) is -22.9. The van der Waals surface area contributed by atoms with Crippen molar-refractivity contribution in [3.8, 4) is 0 Å². The van der Waals surface area contributed by atoms with Crippen molar-refractivity contribution in [2.24, 2.45) is 0 Å². The number of alkyl carbamates (subject to hydrolysis) is 1. The molecule has 1 N–H and O–H groups in total. The maximum Gasteiger partial charge on any atom is 0.460 e. The second-order valence-electron chi connectivity index (χ2n) is 12.3. The number of carbonyl (C=O) groups is 2. The molecule has 0 unspecified atom stereocenters. The van der Waals surface area contributed by atoms with Crippen LogP contribution in [0.15, 0.2) is 60.7 Å². The van der Waals surface area contributed by atoms with Gasteiger partial charge in [0.2, 0.25) is 0 Å². The van der Waals surface area contributed by atoms with Gasteiger partial charge in [0.05, 0.1) is 6.04 Å². The highest BCUT2D eigenvalue weighted by Crippen LogP contribution is 2.61. The Balaban J connectivity index is 2.78. The summed E-state index contributed by atoms with van der Waals surface area (Å²) in [6, 6.07) is 7.77. The minimum absolute atomic E-state index is 0.331. The number of amides is 1. The molecule has 300 valence electrons. The van der Waals surface area contributed by atoms with Crippen LogP contribution in [0.25, 0.3) is 0 Å². The van der Waals surface area contributed by atoms with Gasteiger partial charge in [-0.05, 0) is 32.8 Å². The summed E-state index contributed by atoms with van der Waals surface area (Å²) < 4.78 is 238. The largest absolute Gasteiger partial charge is 0.460 e. The Morgan fingerprint density at radius 2 is 1.09 bits per heavy atom. The van der Waals surface area contributed by atoms with Crippen LogP contribution in [-0.4, -0.2) is 72.8 Å². The fraction of sp³-hybridized carbons (Fsp3) is 0.548. The third kappa shape index (κ3) is 8.72. The van der Waals surface area contributed by atoms with Crippen molar-refractivity contribution in [2.45, 2.75) is 98.9 Å². The van der Waals surface area contributed by atoms with Crippen molar-refractivity contribution in [1.29, 1.82) is 0 Å². The lowest BCUT2D eigenvalue weighted by Crippen LogP contribution is -2.70. The summed E-state index contributed by atoms with van der Waals surface area (Å²) >= 11 is 0. The lowest BCUT2D eigenvalue weighted by molar-refractivity contribution is -0.440. The number of rotatable bonds is 14. The molecule has 0 aliphatic rings. The van der Waals surface area contributed by atoms with E-state index in [0.717, 1.165) is 36.4 Å². The van der Waals surface area contributed by atoms with Gasteiger partial charge in [-0.2, -0.15) is 70.2 Å². The van der Waals surface area contributed by atoms with Crippen LogP contribution < -0.4 is 5.32 Å². The zero-order chi connectivity index (χ0) is 41.3. The molecule has 0 heterocycles. The van der Waals surface area contributed by atoms with Crippen molar-refractivity contribution in [1.82, 2.24) is 5.32 Å². The molecule has 2 aromatic carbocycles. The van der Waals surface area contributed by atoms with Gasteiger partial charge < -0.3 is 19.5 Å². The molecule has 53 heavy (non-hydrogen) atoms. The molecular formula is C31H29F16NO5. The Kier molecular flexibility index (Phi) is 12.8. The molecule has 22 heteroatoms. The third-order valence-electron chi connectivity index (χ3n) is 7.38. The van der Waals surface area contributed by atoms with E-state index in [2.05, 4.69) is 4.74 Å². The van der Waals surface area contributed by atoms with E-state index < -0.39 is 95.8 Å². The number of halogens is 16. The molecule has 0 aliphatic heterocycles. The molecule has 2 rings (SSSR count). The van der Waals surface area contributed by atoms with E-state index in [0.29, 0.717) is 19.2 Å². The quantitative estimate of drug-likeness (QED) is 0.152. The zero-order valence-electron chi connectivity index (χ0n) is 27.4. The Morgan fingerprint density at radius 3 is 1.51 bits per heavy atom. The van der Waals surface area contributed by atoms with Crippen LogP contribution in [0.4, 0.5) is 75.0 Å². The SMILES string of the molecule is CO[C@@](C(=O)O[C@H](CCC(F)(F)C(F)(F)C(F)(F)C(F)(F)C(F)(F)C(F)(F)F)[C@H](NC(=O)OC(C)(C)C)c1ccccc1)(c1ccccc1)C(F)(F)F. The van der Waals surface area contributed by atoms with E-state index in [1.54, 1.807) is 0 Å². The molecule has 0 fully saturated rings. The van der Waals surface area contributed by atoms with Crippen molar-refractivity contribution in [3.63, 3.8) is 0 Å². The minimum Gasteiger partial charge on any atom is -0.457 e. The van der Waals surface area contributed by atoms with Crippen molar-refractivity contribution in [2.75, 3.05) is 7.11 Å². The molecule has 3 atom stereocenters. The van der Waals surface area contributed by atoms with Crippen LogP contribution in [0.1, 0.15) is 50.8 Å². The molecule has 1 amide bonds. The van der Waals surface area contributed by atoms with E-state index in [-0.39, 0.29) is 5.56 Å². The van der Waals surface area contributed by atoms with E-state index in [9.17, 15) is 79.8 Å². The predicted octanol–water partition coefficient (Wildman–Crippen LogP) is 9.79. The lowest BCUT2D eigenvalue weighted by Gasteiger charge is -2.40. The molecule has 0 saturated heterocycles. The van der Waals surface area contributed by atoms with Gasteiger partial charge in [-0.15, -0.1) is 0 Å². The fourth-order valence-corrected chi connectivity index (χ4v) is 4.67. The van der Waals surface area contributed by atoms with E-state index >= 15 is 0 Å². The molecule has 6 nitrogen and oxygen atoms in total. The van der Waals surface area contributed by atoms with Gasteiger partial charge >= 0.3 is 54.0 Å².